The lowest BCUT2D eigenvalue weighted by atomic mass is 10.1. The number of benzene rings is 1. The van der Waals surface area contributed by atoms with Gasteiger partial charge < -0.3 is 10.6 Å². The van der Waals surface area contributed by atoms with E-state index in [2.05, 4.69) is 20.7 Å². The van der Waals surface area contributed by atoms with Gasteiger partial charge in [-0.15, -0.1) is 0 Å². The molecule has 0 fully saturated rings. The summed E-state index contributed by atoms with van der Waals surface area (Å²) in [5.74, 6) is 0.151. The van der Waals surface area contributed by atoms with Crippen molar-refractivity contribution in [3.05, 3.63) is 84.2 Å². The maximum absolute atomic E-state index is 12.3. The Labute approximate surface area is 175 Å². The van der Waals surface area contributed by atoms with E-state index >= 15 is 0 Å². The third kappa shape index (κ3) is 4.88. The minimum absolute atomic E-state index is 0.165. The molecule has 0 radical (unpaired) electrons. The monoisotopic (exact) mass is 401 g/mol. The van der Waals surface area contributed by atoms with Crippen LogP contribution in [-0.2, 0) is 11.8 Å². The second-order valence-corrected chi connectivity index (χ2v) is 6.51. The van der Waals surface area contributed by atoms with Crippen LogP contribution in [0.2, 0.25) is 0 Å². The van der Waals surface area contributed by atoms with Gasteiger partial charge in [0.25, 0.3) is 11.8 Å². The first kappa shape index (κ1) is 20.7. The van der Waals surface area contributed by atoms with Gasteiger partial charge in [-0.05, 0) is 38.1 Å². The third-order valence-electron chi connectivity index (χ3n) is 4.40. The number of carbonyl (C=O) groups is 2. The van der Waals surface area contributed by atoms with Crippen molar-refractivity contribution in [2.75, 3.05) is 10.6 Å². The van der Waals surface area contributed by atoms with Gasteiger partial charge in [-0.25, -0.2) is 0 Å². The lowest BCUT2D eigenvalue weighted by Gasteiger charge is -2.06. The second-order valence-electron chi connectivity index (χ2n) is 6.51. The highest BCUT2D eigenvalue weighted by Gasteiger charge is 2.12. The zero-order chi connectivity index (χ0) is 21.5. The molecule has 0 aliphatic rings. The summed E-state index contributed by atoms with van der Waals surface area (Å²) in [5.41, 5.74) is 3.33. The first-order valence-electron chi connectivity index (χ1n) is 9.48. The largest absolute Gasteiger partial charge is 0.322 e. The van der Waals surface area contributed by atoms with Gasteiger partial charge in [-0.1, -0.05) is 30.4 Å². The highest BCUT2D eigenvalue weighted by atomic mass is 16.2. The van der Waals surface area contributed by atoms with Crippen molar-refractivity contribution < 1.29 is 9.59 Å². The topological polar surface area (TPSA) is 88.9 Å². The number of hydrogen-bond donors (Lipinski definition) is 2. The van der Waals surface area contributed by atoms with Gasteiger partial charge in [0.15, 0.2) is 0 Å². The van der Waals surface area contributed by atoms with Crippen molar-refractivity contribution in [3.8, 4) is 11.3 Å². The Hall–Kier alpha value is -4.00. The molecule has 3 rings (SSSR count). The van der Waals surface area contributed by atoms with Gasteiger partial charge in [-0.2, -0.15) is 5.10 Å². The summed E-state index contributed by atoms with van der Waals surface area (Å²) in [4.78, 5) is 28.6. The number of nitrogens with zero attached hydrogens (tertiary/aromatic N) is 3. The molecule has 7 heteroatoms. The summed E-state index contributed by atoms with van der Waals surface area (Å²) in [5, 5.41) is 10.2. The van der Waals surface area contributed by atoms with Crippen LogP contribution in [0.3, 0.4) is 0 Å². The second kappa shape index (κ2) is 9.47. The molecule has 0 saturated carbocycles. The van der Waals surface area contributed by atoms with Crippen molar-refractivity contribution in [1.82, 2.24) is 14.8 Å². The molecule has 0 spiro atoms. The number of nitrogens with one attached hydrogen (secondary N) is 2. The van der Waals surface area contributed by atoms with E-state index in [-0.39, 0.29) is 11.8 Å². The number of hydrogen-bond acceptors (Lipinski definition) is 4. The van der Waals surface area contributed by atoms with Crippen LogP contribution >= 0.6 is 0 Å². The zero-order valence-corrected chi connectivity index (χ0v) is 17.1. The van der Waals surface area contributed by atoms with Gasteiger partial charge in [0.1, 0.15) is 5.82 Å². The maximum Gasteiger partial charge on any atom is 0.258 e. The highest BCUT2D eigenvalue weighted by molar-refractivity contribution is 6.06. The summed E-state index contributed by atoms with van der Waals surface area (Å²) < 4.78 is 1.61. The standard InChI is InChI=1S/C23H23N5O2/c1-4-7-16(5-2)22(29)25-19-11-9-17(10-12-19)20-14-21(28(3)27-20)26-23(30)18-8-6-13-24-15-18/h4-15H,1-3H3,(H,25,29)(H,26,30)/b7-4-,16-5+. The molecule has 0 aliphatic carbocycles. The minimum Gasteiger partial charge on any atom is -0.322 e. The third-order valence-corrected chi connectivity index (χ3v) is 4.40. The Bertz CT molecular complexity index is 1100. The number of aromatic nitrogens is 3. The van der Waals surface area contributed by atoms with E-state index in [9.17, 15) is 9.59 Å². The minimum atomic E-state index is -0.253. The Kier molecular flexibility index (Phi) is 6.54. The Balaban J connectivity index is 1.72. The zero-order valence-electron chi connectivity index (χ0n) is 17.1. The SMILES string of the molecule is C/C=C\C(=C/C)C(=O)Nc1ccc(-c2cc(NC(=O)c3cccnc3)n(C)n2)cc1. The van der Waals surface area contributed by atoms with E-state index in [1.165, 1.54) is 6.20 Å². The number of aryl methyl sites for hydroxylation is 1. The van der Waals surface area contributed by atoms with E-state index in [1.54, 1.807) is 48.3 Å². The van der Waals surface area contributed by atoms with Crippen LogP contribution in [0.25, 0.3) is 11.3 Å². The van der Waals surface area contributed by atoms with E-state index in [0.29, 0.717) is 28.3 Å². The predicted octanol–water partition coefficient (Wildman–Crippen LogP) is 4.20. The average Bonchev–Trinajstić information content (AvgIpc) is 3.13. The fourth-order valence-electron chi connectivity index (χ4n) is 2.82. The number of amides is 2. The van der Waals surface area contributed by atoms with E-state index < -0.39 is 0 Å². The predicted molar refractivity (Wildman–Crippen MR) is 118 cm³/mol. The molecule has 0 saturated heterocycles. The van der Waals surface area contributed by atoms with Gasteiger partial charge in [0.2, 0.25) is 0 Å². The number of carbonyl (C=O) groups excluding carboxylic acids is 2. The van der Waals surface area contributed by atoms with Gasteiger partial charge in [0.05, 0.1) is 11.3 Å². The Morgan fingerprint density at radius 3 is 2.47 bits per heavy atom. The molecular weight excluding hydrogens is 378 g/mol. The smallest absolute Gasteiger partial charge is 0.258 e. The summed E-state index contributed by atoms with van der Waals surface area (Å²) in [6.07, 6.45) is 8.47. The van der Waals surface area contributed by atoms with Gasteiger partial charge in [0, 0.05) is 42.3 Å². The van der Waals surface area contributed by atoms with Gasteiger partial charge >= 0.3 is 0 Å². The van der Waals surface area contributed by atoms with Crippen LogP contribution < -0.4 is 10.6 Å². The average molecular weight is 401 g/mol. The van der Waals surface area contributed by atoms with Gasteiger partial charge in [-0.3, -0.25) is 19.3 Å². The molecule has 2 heterocycles. The van der Waals surface area contributed by atoms with Crippen LogP contribution in [0.5, 0.6) is 0 Å². The normalized spacial score (nSPS) is 11.5. The molecule has 2 amide bonds. The molecule has 0 unspecified atom stereocenters. The van der Waals surface area contributed by atoms with Crippen LogP contribution in [0, 0.1) is 0 Å². The lowest BCUT2D eigenvalue weighted by molar-refractivity contribution is -0.112. The fraction of sp³-hybridized carbons (Fsp3) is 0.130. The molecule has 152 valence electrons. The molecule has 1 aromatic carbocycles. The Morgan fingerprint density at radius 1 is 1.07 bits per heavy atom. The molecular formula is C23H23N5O2. The molecule has 0 atom stereocenters. The van der Waals surface area contributed by atoms with Crippen molar-refractivity contribution in [2.45, 2.75) is 13.8 Å². The van der Waals surface area contributed by atoms with Crippen molar-refractivity contribution in [2.24, 2.45) is 7.05 Å². The van der Waals surface area contributed by atoms with Crippen LogP contribution in [-0.4, -0.2) is 26.6 Å². The number of allylic oxidation sites excluding steroid dienone is 2. The molecule has 0 aliphatic heterocycles. The number of pyridine rings is 1. The summed E-state index contributed by atoms with van der Waals surface area (Å²) in [7, 11) is 1.76. The number of rotatable bonds is 6. The van der Waals surface area contributed by atoms with Crippen molar-refractivity contribution >= 4 is 23.3 Å². The number of anilines is 2. The van der Waals surface area contributed by atoms with E-state index in [4.69, 9.17) is 0 Å². The summed E-state index contributed by atoms with van der Waals surface area (Å²) >= 11 is 0. The first-order chi connectivity index (χ1) is 14.5. The summed E-state index contributed by atoms with van der Waals surface area (Å²) in [6, 6.07) is 12.6. The first-order valence-corrected chi connectivity index (χ1v) is 9.48. The molecule has 0 bridgehead atoms. The quantitative estimate of drug-likeness (QED) is 0.479. The van der Waals surface area contributed by atoms with E-state index in [1.807, 2.05) is 44.2 Å². The van der Waals surface area contributed by atoms with Crippen molar-refractivity contribution in [3.63, 3.8) is 0 Å². The lowest BCUT2D eigenvalue weighted by Crippen LogP contribution is -2.14. The molecule has 30 heavy (non-hydrogen) atoms. The molecule has 2 N–H and O–H groups in total. The summed E-state index contributed by atoms with van der Waals surface area (Å²) in [6.45, 7) is 3.69. The van der Waals surface area contributed by atoms with E-state index in [0.717, 1.165) is 5.56 Å². The Morgan fingerprint density at radius 2 is 1.83 bits per heavy atom. The molecule has 7 nitrogen and oxygen atoms in total. The highest BCUT2D eigenvalue weighted by Crippen LogP contribution is 2.23. The van der Waals surface area contributed by atoms with Crippen LogP contribution in [0.4, 0.5) is 11.5 Å². The molecule has 3 aromatic rings. The fourth-order valence-corrected chi connectivity index (χ4v) is 2.82. The van der Waals surface area contributed by atoms with Crippen LogP contribution in [0.1, 0.15) is 24.2 Å². The van der Waals surface area contributed by atoms with Crippen LogP contribution in [0.15, 0.2) is 78.7 Å². The molecule has 2 aromatic heterocycles. The van der Waals surface area contributed by atoms with Crippen molar-refractivity contribution in [1.29, 1.82) is 0 Å². The maximum atomic E-state index is 12.3.